The summed E-state index contributed by atoms with van der Waals surface area (Å²) in [5, 5.41) is 0.679. The van der Waals surface area contributed by atoms with E-state index in [-0.39, 0.29) is 0 Å². The predicted molar refractivity (Wildman–Crippen MR) is 74.7 cm³/mol. The van der Waals surface area contributed by atoms with Crippen LogP contribution in [0.5, 0.6) is 0 Å². The third-order valence-electron chi connectivity index (χ3n) is 3.64. The van der Waals surface area contributed by atoms with Crippen molar-refractivity contribution in [3.8, 4) is 0 Å². The van der Waals surface area contributed by atoms with Crippen LogP contribution in [0.2, 0.25) is 0 Å². The van der Waals surface area contributed by atoms with Crippen LogP contribution in [0.1, 0.15) is 37.7 Å². The molecule has 19 heavy (non-hydrogen) atoms. The van der Waals surface area contributed by atoms with Crippen LogP contribution in [0.15, 0.2) is 17.7 Å². The zero-order valence-electron chi connectivity index (χ0n) is 10.6. The molecule has 1 fully saturated rings. The highest BCUT2D eigenvalue weighted by Gasteiger charge is 2.17. The Balaban J connectivity index is 2.26. The maximum atomic E-state index is 13.2. The molecule has 1 aromatic rings. The van der Waals surface area contributed by atoms with E-state index in [4.69, 9.17) is 0 Å². The monoisotopic (exact) mass is 332 g/mol. The smallest absolute Gasteiger partial charge is 0.194 e. The Labute approximate surface area is 119 Å². The van der Waals surface area contributed by atoms with Crippen LogP contribution in [0.4, 0.5) is 13.2 Å². The van der Waals surface area contributed by atoms with Crippen molar-refractivity contribution >= 4 is 22.0 Å². The van der Waals surface area contributed by atoms with Gasteiger partial charge in [0.05, 0.1) is 0 Å². The van der Waals surface area contributed by atoms with E-state index < -0.39 is 17.5 Å². The van der Waals surface area contributed by atoms with E-state index in [2.05, 4.69) is 15.9 Å². The van der Waals surface area contributed by atoms with Crippen LogP contribution in [-0.2, 0) is 0 Å². The van der Waals surface area contributed by atoms with E-state index >= 15 is 0 Å². The minimum absolute atomic E-state index is 0.386. The number of allylic oxidation sites excluding steroid dienone is 1. The van der Waals surface area contributed by atoms with Gasteiger partial charge in [-0.1, -0.05) is 46.8 Å². The average molecular weight is 333 g/mol. The molecule has 1 aliphatic rings. The maximum Gasteiger partial charge on any atom is 0.194 e. The molecular formula is C15H16BrF3. The summed E-state index contributed by atoms with van der Waals surface area (Å²) in [6, 6.07) is 2.09. The molecule has 0 radical (unpaired) electrons. The van der Waals surface area contributed by atoms with Crippen molar-refractivity contribution in [1.29, 1.82) is 0 Å². The molecule has 0 aliphatic heterocycles. The van der Waals surface area contributed by atoms with Crippen LogP contribution >= 0.6 is 15.9 Å². The van der Waals surface area contributed by atoms with Crippen molar-refractivity contribution in [2.45, 2.75) is 32.1 Å². The van der Waals surface area contributed by atoms with Crippen LogP contribution in [-0.4, -0.2) is 5.33 Å². The van der Waals surface area contributed by atoms with Gasteiger partial charge in [0.1, 0.15) is 0 Å². The minimum Gasteiger partial charge on any atom is -0.204 e. The van der Waals surface area contributed by atoms with E-state index in [0.29, 0.717) is 16.8 Å². The Morgan fingerprint density at radius 2 is 1.68 bits per heavy atom. The summed E-state index contributed by atoms with van der Waals surface area (Å²) >= 11 is 3.43. The fourth-order valence-electron chi connectivity index (χ4n) is 2.61. The lowest BCUT2D eigenvalue weighted by Gasteiger charge is -2.23. The molecule has 0 heterocycles. The fourth-order valence-corrected chi connectivity index (χ4v) is 3.23. The third-order valence-corrected chi connectivity index (χ3v) is 4.29. The summed E-state index contributed by atoms with van der Waals surface area (Å²) in [7, 11) is 0. The topological polar surface area (TPSA) is 0 Å². The molecule has 0 spiro atoms. The highest BCUT2D eigenvalue weighted by molar-refractivity contribution is 9.09. The van der Waals surface area contributed by atoms with Crippen molar-refractivity contribution < 1.29 is 13.2 Å². The van der Waals surface area contributed by atoms with Crippen LogP contribution in [0, 0.1) is 23.4 Å². The van der Waals surface area contributed by atoms with Crippen molar-refractivity contribution in [2.24, 2.45) is 5.92 Å². The fraction of sp³-hybridized carbons (Fsp3) is 0.467. The first-order valence-electron chi connectivity index (χ1n) is 6.52. The molecular weight excluding hydrogens is 317 g/mol. The van der Waals surface area contributed by atoms with Gasteiger partial charge in [-0.2, -0.15) is 0 Å². The second-order valence-electron chi connectivity index (χ2n) is 4.99. The molecule has 4 heteroatoms. The normalized spacial score (nSPS) is 17.8. The number of rotatable bonds is 3. The summed E-state index contributed by atoms with van der Waals surface area (Å²) < 4.78 is 39.3. The van der Waals surface area contributed by atoms with Gasteiger partial charge in [-0.3, -0.25) is 0 Å². The summed E-state index contributed by atoms with van der Waals surface area (Å²) in [5.74, 6) is -3.22. The first-order chi connectivity index (χ1) is 9.11. The van der Waals surface area contributed by atoms with E-state index in [1.54, 1.807) is 6.08 Å². The number of hydrogen-bond acceptors (Lipinski definition) is 0. The van der Waals surface area contributed by atoms with Gasteiger partial charge in [-0.15, -0.1) is 0 Å². The number of alkyl halides is 1. The maximum absolute atomic E-state index is 13.2. The molecule has 0 saturated heterocycles. The van der Waals surface area contributed by atoms with Crippen LogP contribution < -0.4 is 0 Å². The van der Waals surface area contributed by atoms with Crippen LogP contribution in [0.3, 0.4) is 0 Å². The Hall–Kier alpha value is -0.770. The lowest BCUT2D eigenvalue weighted by molar-refractivity contribution is 0.405. The second-order valence-corrected chi connectivity index (χ2v) is 5.55. The zero-order valence-corrected chi connectivity index (χ0v) is 12.1. The molecule has 0 atom stereocenters. The van der Waals surface area contributed by atoms with Crippen molar-refractivity contribution in [2.75, 3.05) is 5.33 Å². The molecule has 1 aliphatic carbocycles. The molecule has 2 rings (SSSR count). The Kier molecular flexibility index (Phi) is 5.08. The summed E-state index contributed by atoms with van der Waals surface area (Å²) in [6.45, 7) is 0. The molecule has 0 nitrogen and oxygen atoms in total. The number of benzene rings is 1. The lowest BCUT2D eigenvalue weighted by Crippen LogP contribution is -2.10. The van der Waals surface area contributed by atoms with E-state index in [1.165, 1.54) is 19.3 Å². The molecule has 0 aromatic heterocycles. The first kappa shape index (κ1) is 14.6. The SMILES string of the molecule is Fc1cc(C=C(CBr)C2CCCCC2)cc(F)c1F. The number of hydrogen-bond donors (Lipinski definition) is 0. The van der Waals surface area contributed by atoms with Gasteiger partial charge in [0, 0.05) is 5.33 Å². The van der Waals surface area contributed by atoms with E-state index in [9.17, 15) is 13.2 Å². The molecule has 0 amide bonds. The largest absolute Gasteiger partial charge is 0.204 e. The highest BCUT2D eigenvalue weighted by atomic mass is 79.9. The van der Waals surface area contributed by atoms with Gasteiger partial charge < -0.3 is 0 Å². The van der Waals surface area contributed by atoms with Crippen molar-refractivity contribution in [3.63, 3.8) is 0 Å². The lowest BCUT2D eigenvalue weighted by atomic mass is 9.84. The number of halogens is 4. The minimum atomic E-state index is -1.41. The molecule has 104 valence electrons. The molecule has 0 bridgehead atoms. The molecule has 1 aromatic carbocycles. The first-order valence-corrected chi connectivity index (χ1v) is 7.65. The third kappa shape index (κ3) is 3.62. The summed E-state index contributed by atoms with van der Waals surface area (Å²) in [6.07, 6.45) is 7.65. The summed E-state index contributed by atoms with van der Waals surface area (Å²) in [5.41, 5.74) is 1.52. The Morgan fingerprint density at radius 1 is 1.11 bits per heavy atom. The standard InChI is InChI=1S/C15H16BrF3/c16-9-12(11-4-2-1-3-5-11)6-10-7-13(17)15(19)14(18)8-10/h6-8,11H,1-5,9H2. The molecule has 0 N–H and O–H groups in total. The van der Waals surface area contributed by atoms with E-state index in [1.807, 2.05) is 0 Å². The summed E-state index contributed by atoms with van der Waals surface area (Å²) in [4.78, 5) is 0. The molecule has 1 saturated carbocycles. The van der Waals surface area contributed by atoms with Gasteiger partial charge in [-0.05, 0) is 36.5 Å². The molecule has 0 unspecified atom stereocenters. The Bertz CT molecular complexity index is 453. The van der Waals surface area contributed by atoms with Gasteiger partial charge in [0.25, 0.3) is 0 Å². The quantitative estimate of drug-likeness (QED) is 0.509. The highest BCUT2D eigenvalue weighted by Crippen LogP contribution is 2.32. The van der Waals surface area contributed by atoms with Crippen molar-refractivity contribution in [1.82, 2.24) is 0 Å². The van der Waals surface area contributed by atoms with E-state index in [0.717, 1.165) is 30.5 Å². The van der Waals surface area contributed by atoms with Gasteiger partial charge >= 0.3 is 0 Å². The second kappa shape index (κ2) is 6.60. The van der Waals surface area contributed by atoms with Gasteiger partial charge in [0.15, 0.2) is 17.5 Å². The van der Waals surface area contributed by atoms with Gasteiger partial charge in [-0.25, -0.2) is 13.2 Å². The Morgan fingerprint density at radius 3 is 2.21 bits per heavy atom. The van der Waals surface area contributed by atoms with Crippen molar-refractivity contribution in [3.05, 3.63) is 40.7 Å². The predicted octanol–water partition coefficient (Wildman–Crippen LogP) is 5.46. The van der Waals surface area contributed by atoms with Gasteiger partial charge in [0.2, 0.25) is 0 Å². The van der Waals surface area contributed by atoms with Crippen LogP contribution in [0.25, 0.3) is 6.08 Å². The average Bonchev–Trinajstić information content (AvgIpc) is 2.43. The zero-order chi connectivity index (χ0) is 13.8.